The average Bonchev–Trinajstić information content (AvgIpc) is 3.70. The molecule has 10 heteroatoms. The number of carbonyl (C=O) groups is 3. The summed E-state index contributed by atoms with van der Waals surface area (Å²) in [6, 6.07) is 0. The van der Waals surface area contributed by atoms with E-state index in [0.29, 0.717) is 30.4 Å². The molecule has 0 aromatic heterocycles. The van der Waals surface area contributed by atoms with E-state index in [-0.39, 0.29) is 48.7 Å². The molecular formula is C41H62O10. The van der Waals surface area contributed by atoms with Gasteiger partial charge in [-0.05, 0) is 74.7 Å². The lowest BCUT2D eigenvalue weighted by Gasteiger charge is -2.26. The molecular weight excluding hydrogens is 652 g/mol. The zero-order chi connectivity index (χ0) is 38.0. The highest BCUT2D eigenvalue weighted by Gasteiger charge is 2.41. The van der Waals surface area contributed by atoms with Gasteiger partial charge >= 0.3 is 5.97 Å². The second kappa shape index (κ2) is 19.9. The summed E-state index contributed by atoms with van der Waals surface area (Å²) in [6.45, 7) is 19.0. The molecule has 2 saturated heterocycles. The van der Waals surface area contributed by atoms with Gasteiger partial charge in [0, 0.05) is 31.1 Å². The number of unbranched alkanes of at least 4 members (excludes halogenated alkanes) is 1. The maximum atomic E-state index is 13.4. The Morgan fingerprint density at radius 3 is 2.39 bits per heavy atom. The molecule has 0 amide bonds. The van der Waals surface area contributed by atoms with Gasteiger partial charge in [0.05, 0.1) is 43.0 Å². The van der Waals surface area contributed by atoms with Gasteiger partial charge in [0.15, 0.2) is 0 Å². The van der Waals surface area contributed by atoms with Crippen LogP contribution in [0.5, 0.6) is 0 Å². The van der Waals surface area contributed by atoms with Crippen LogP contribution in [0.1, 0.15) is 106 Å². The van der Waals surface area contributed by atoms with Crippen molar-refractivity contribution in [3.63, 3.8) is 0 Å². The fourth-order valence-corrected chi connectivity index (χ4v) is 7.01. The number of esters is 1. The van der Waals surface area contributed by atoms with E-state index in [1.807, 2.05) is 13.8 Å². The Morgan fingerprint density at radius 1 is 1.00 bits per heavy atom. The van der Waals surface area contributed by atoms with Crippen LogP contribution in [0, 0.1) is 17.8 Å². The number of hydrogen-bond acceptors (Lipinski definition) is 10. The van der Waals surface area contributed by atoms with Crippen molar-refractivity contribution in [1.82, 2.24) is 0 Å². The maximum Gasteiger partial charge on any atom is 0.309 e. The van der Waals surface area contributed by atoms with Gasteiger partial charge in [-0.2, -0.15) is 0 Å². The number of hydrogen-bond donors (Lipinski definition) is 4. The van der Waals surface area contributed by atoms with Crippen LogP contribution in [0.25, 0.3) is 0 Å². The van der Waals surface area contributed by atoms with E-state index < -0.39 is 72.7 Å². The molecule has 3 heterocycles. The van der Waals surface area contributed by atoms with Gasteiger partial charge in [-0.1, -0.05) is 71.1 Å². The van der Waals surface area contributed by atoms with Crippen molar-refractivity contribution < 1.29 is 49.0 Å². The zero-order valence-electron chi connectivity index (χ0n) is 31.5. The Kier molecular flexibility index (Phi) is 16.7. The lowest BCUT2D eigenvalue weighted by molar-refractivity contribution is -0.158. The van der Waals surface area contributed by atoms with Gasteiger partial charge in [0.1, 0.15) is 29.9 Å². The molecule has 0 unspecified atom stereocenters. The first-order chi connectivity index (χ1) is 24.0. The quantitative estimate of drug-likeness (QED) is 0.152. The SMILES string of the molecule is C=C1/C=C(\C)[C@@H](C)[C@@H](O)CC(=O)[C@@H](C)CC(=O)C[C@H]2CC[C@@H](O2)[C@@H](/C=C\C=C(/C)[C@@H](O)C(=C)CCCC)OC(=O)C[C@@H]2O[C@H](C[C@H]2C)[C@H](O)[C@@H]1O. The van der Waals surface area contributed by atoms with Crippen molar-refractivity contribution in [2.75, 3.05) is 0 Å². The molecule has 3 aliphatic rings. The molecule has 0 saturated carbocycles. The molecule has 3 aliphatic heterocycles. The first-order valence-corrected chi connectivity index (χ1v) is 18.7. The maximum absolute atomic E-state index is 13.4. The average molecular weight is 715 g/mol. The number of aliphatic hydroxyl groups is 4. The Hall–Kier alpha value is -2.73. The van der Waals surface area contributed by atoms with Crippen LogP contribution in [-0.4, -0.2) is 92.9 Å². The lowest BCUT2D eigenvalue weighted by Crippen LogP contribution is -2.38. The van der Waals surface area contributed by atoms with E-state index in [9.17, 15) is 34.8 Å². The van der Waals surface area contributed by atoms with Crippen LogP contribution < -0.4 is 0 Å². The van der Waals surface area contributed by atoms with E-state index in [2.05, 4.69) is 20.1 Å². The third kappa shape index (κ3) is 12.4. The number of carbonyl (C=O) groups excluding carboxylic acids is 3. The van der Waals surface area contributed by atoms with Crippen LogP contribution in [0.4, 0.5) is 0 Å². The predicted molar refractivity (Wildman–Crippen MR) is 196 cm³/mol. The summed E-state index contributed by atoms with van der Waals surface area (Å²) in [5, 5.41) is 43.6. The van der Waals surface area contributed by atoms with Crippen molar-refractivity contribution >= 4 is 17.5 Å². The number of rotatable bonds is 7. The minimum Gasteiger partial charge on any atom is -0.455 e. The van der Waals surface area contributed by atoms with Gasteiger partial charge in [-0.15, -0.1) is 0 Å². The van der Waals surface area contributed by atoms with Gasteiger partial charge in [0.2, 0.25) is 0 Å². The third-order valence-electron chi connectivity index (χ3n) is 10.8. The van der Waals surface area contributed by atoms with E-state index in [0.717, 1.165) is 24.8 Å². The largest absolute Gasteiger partial charge is 0.455 e. The molecule has 0 aromatic rings. The van der Waals surface area contributed by atoms with Gasteiger partial charge in [0.25, 0.3) is 0 Å². The molecule has 0 aliphatic carbocycles. The van der Waals surface area contributed by atoms with Crippen LogP contribution in [0.3, 0.4) is 0 Å². The summed E-state index contributed by atoms with van der Waals surface area (Å²) in [5.41, 5.74) is 2.34. The molecule has 3 rings (SSSR count). The number of aliphatic hydroxyl groups excluding tert-OH is 4. The monoisotopic (exact) mass is 714 g/mol. The van der Waals surface area contributed by atoms with Crippen molar-refractivity contribution in [1.29, 1.82) is 0 Å². The number of ketones is 2. The third-order valence-corrected chi connectivity index (χ3v) is 10.8. The van der Waals surface area contributed by atoms with Crippen molar-refractivity contribution in [2.45, 2.75) is 161 Å². The van der Waals surface area contributed by atoms with Crippen molar-refractivity contribution in [3.05, 3.63) is 59.8 Å². The van der Waals surface area contributed by atoms with Crippen LogP contribution in [0.2, 0.25) is 0 Å². The molecule has 286 valence electrons. The first-order valence-electron chi connectivity index (χ1n) is 18.7. The Bertz CT molecular complexity index is 1330. The molecule has 51 heavy (non-hydrogen) atoms. The summed E-state index contributed by atoms with van der Waals surface area (Å²) in [5.74, 6) is -2.02. The fraction of sp³-hybridized carbons (Fsp3) is 0.683. The minimum absolute atomic E-state index is 0.0230. The Morgan fingerprint density at radius 2 is 1.71 bits per heavy atom. The smallest absolute Gasteiger partial charge is 0.309 e. The molecule has 10 nitrogen and oxygen atoms in total. The standard InChI is InChI=1S/C41H62O10/c1-9-10-12-23(2)39(46)24(3)13-11-14-34-35-16-15-31(49-35)20-30(42)18-26(5)32(43)21-33(44)29(8)25(4)17-28(7)40(47)41(48)37-19-27(6)36(50-37)22-38(45)51-34/h11,13-14,17,26-27,29,31,33-37,39-41,44,46-48H,2,7,9-10,12,15-16,18-22H2,1,3-6,8H3/b14-11-,24-13+,25-17+/t26-,27+,29+,31+,33-,34+,35+,36-,37+,39-,40+,41-/m0/s1. The molecule has 2 fully saturated rings. The fourth-order valence-electron chi connectivity index (χ4n) is 7.01. The molecule has 0 spiro atoms. The van der Waals surface area contributed by atoms with Crippen LogP contribution in [0.15, 0.2) is 59.8 Å². The summed E-state index contributed by atoms with van der Waals surface area (Å²) in [7, 11) is 0. The first kappa shape index (κ1) is 42.7. The second-order valence-corrected chi connectivity index (χ2v) is 15.2. The molecule has 4 N–H and O–H groups in total. The van der Waals surface area contributed by atoms with E-state index >= 15 is 0 Å². The number of Topliss-reactive ketones (excluding diaryl/α,β-unsaturated/α-hetero) is 2. The molecule has 0 aromatic carbocycles. The minimum atomic E-state index is -1.36. The van der Waals surface area contributed by atoms with Gasteiger partial charge in [-0.3, -0.25) is 14.4 Å². The highest BCUT2D eigenvalue weighted by Crippen LogP contribution is 2.34. The van der Waals surface area contributed by atoms with Gasteiger partial charge in [-0.25, -0.2) is 0 Å². The normalized spacial score (nSPS) is 37.3. The van der Waals surface area contributed by atoms with Gasteiger partial charge < -0.3 is 34.6 Å². The van der Waals surface area contributed by atoms with Crippen LogP contribution >= 0.6 is 0 Å². The Labute approximate surface area is 304 Å². The Balaban J connectivity index is 1.85. The number of fused-ring (bicyclic) bond motifs is 4. The molecule has 4 bridgehead atoms. The predicted octanol–water partition coefficient (Wildman–Crippen LogP) is 5.42. The summed E-state index contributed by atoms with van der Waals surface area (Å²) >= 11 is 0. The summed E-state index contributed by atoms with van der Waals surface area (Å²) in [4.78, 5) is 39.5. The second-order valence-electron chi connectivity index (χ2n) is 15.2. The van der Waals surface area contributed by atoms with E-state index in [1.54, 1.807) is 45.1 Å². The summed E-state index contributed by atoms with van der Waals surface area (Å²) in [6.07, 6.45) is 3.42. The van der Waals surface area contributed by atoms with Crippen molar-refractivity contribution in [3.8, 4) is 0 Å². The topological polar surface area (TPSA) is 160 Å². The highest BCUT2D eigenvalue weighted by atomic mass is 16.6. The highest BCUT2D eigenvalue weighted by molar-refractivity contribution is 5.88. The van der Waals surface area contributed by atoms with Crippen LogP contribution in [-0.2, 0) is 28.6 Å². The van der Waals surface area contributed by atoms with E-state index in [4.69, 9.17) is 14.2 Å². The number of cyclic esters (lactones) is 1. The zero-order valence-corrected chi connectivity index (χ0v) is 31.5. The van der Waals surface area contributed by atoms with E-state index in [1.165, 1.54) is 0 Å². The lowest BCUT2D eigenvalue weighted by atomic mass is 9.87. The number of ether oxygens (including phenoxy) is 3. The van der Waals surface area contributed by atoms with Crippen molar-refractivity contribution in [2.24, 2.45) is 17.8 Å². The summed E-state index contributed by atoms with van der Waals surface area (Å²) < 4.78 is 18.3. The number of allylic oxidation sites excluding steroid dienone is 2. The molecule has 0 radical (unpaired) electrons. The molecule has 12 atom stereocenters.